The minimum absolute atomic E-state index is 0.162. The third-order valence-corrected chi connectivity index (χ3v) is 5.32. The smallest absolute Gasteiger partial charge is 0.262 e. The second-order valence-electron chi connectivity index (χ2n) is 7.26. The van der Waals surface area contributed by atoms with Gasteiger partial charge in [-0.1, -0.05) is 0 Å². The molecule has 1 fully saturated rings. The van der Waals surface area contributed by atoms with E-state index in [0.717, 1.165) is 6.42 Å². The predicted octanol–water partition coefficient (Wildman–Crippen LogP) is 1.99. The van der Waals surface area contributed by atoms with Gasteiger partial charge in [0.1, 0.15) is 11.8 Å². The molecule has 2 aromatic rings. The van der Waals surface area contributed by atoms with Crippen LogP contribution < -0.4 is 24.8 Å². The molecule has 154 valence electrons. The van der Waals surface area contributed by atoms with Crippen molar-refractivity contribution < 1.29 is 28.6 Å². The zero-order valence-corrected chi connectivity index (χ0v) is 16.0. The lowest BCUT2D eigenvalue weighted by Crippen LogP contribution is -2.40. The van der Waals surface area contributed by atoms with Crippen LogP contribution in [0.3, 0.4) is 0 Å². The minimum atomic E-state index is -0.432. The van der Waals surface area contributed by atoms with Gasteiger partial charge in [-0.3, -0.25) is 14.4 Å². The average molecular weight is 409 g/mol. The molecule has 9 nitrogen and oxygen atoms in total. The molecule has 2 aromatic carbocycles. The van der Waals surface area contributed by atoms with Gasteiger partial charge < -0.3 is 29.7 Å². The van der Waals surface area contributed by atoms with Crippen LogP contribution in [0.4, 0.5) is 11.4 Å². The average Bonchev–Trinajstić information content (AvgIpc) is 3.40. The molecule has 0 spiro atoms. The molecule has 0 aromatic heterocycles. The van der Waals surface area contributed by atoms with E-state index < -0.39 is 6.04 Å². The summed E-state index contributed by atoms with van der Waals surface area (Å²) in [6.45, 7) is 0.501. The number of nitrogens with one attached hydrogen (secondary N) is 2. The number of benzene rings is 2. The van der Waals surface area contributed by atoms with Gasteiger partial charge in [-0.25, -0.2) is 0 Å². The van der Waals surface area contributed by atoms with E-state index in [4.69, 9.17) is 14.2 Å². The molecule has 3 aliphatic rings. The number of carbonyl (C=O) groups is 3. The van der Waals surface area contributed by atoms with E-state index in [1.54, 1.807) is 41.3 Å². The molecule has 2 N–H and O–H groups in total. The summed E-state index contributed by atoms with van der Waals surface area (Å²) >= 11 is 0. The van der Waals surface area contributed by atoms with Gasteiger partial charge in [0.15, 0.2) is 18.1 Å². The van der Waals surface area contributed by atoms with Crippen molar-refractivity contribution >= 4 is 29.1 Å². The Bertz CT molecular complexity index is 1050. The first-order valence-corrected chi connectivity index (χ1v) is 9.67. The molecule has 0 bridgehead atoms. The molecular formula is C21H19N3O6. The molecule has 0 radical (unpaired) electrons. The summed E-state index contributed by atoms with van der Waals surface area (Å²) in [7, 11) is 0. The van der Waals surface area contributed by atoms with E-state index in [0.29, 0.717) is 47.2 Å². The van der Waals surface area contributed by atoms with Gasteiger partial charge in [0.25, 0.3) is 11.8 Å². The first-order chi connectivity index (χ1) is 14.6. The number of ether oxygens (including phenoxy) is 3. The second-order valence-corrected chi connectivity index (χ2v) is 7.26. The lowest BCUT2D eigenvalue weighted by molar-refractivity contribution is -0.119. The Kier molecular flexibility index (Phi) is 4.42. The Morgan fingerprint density at radius 2 is 2.03 bits per heavy atom. The number of rotatable bonds is 4. The number of anilines is 2. The zero-order chi connectivity index (χ0) is 20.7. The fourth-order valence-corrected chi connectivity index (χ4v) is 3.87. The van der Waals surface area contributed by atoms with E-state index >= 15 is 0 Å². The van der Waals surface area contributed by atoms with Crippen LogP contribution in [0.2, 0.25) is 0 Å². The number of hydrogen-bond donors (Lipinski definition) is 2. The Morgan fingerprint density at radius 1 is 1.17 bits per heavy atom. The maximum atomic E-state index is 12.9. The van der Waals surface area contributed by atoms with E-state index in [1.807, 2.05) is 0 Å². The van der Waals surface area contributed by atoms with Crippen molar-refractivity contribution in [3.05, 3.63) is 42.0 Å². The topological polar surface area (TPSA) is 106 Å². The first kappa shape index (κ1) is 18.3. The molecule has 0 aliphatic carbocycles. The van der Waals surface area contributed by atoms with Crippen LogP contribution in [0, 0.1) is 0 Å². The monoisotopic (exact) mass is 409 g/mol. The van der Waals surface area contributed by atoms with Crippen LogP contribution in [0.5, 0.6) is 17.2 Å². The SMILES string of the molecule is O=C(COc1ccc2c(c1)OCO2)Nc1ccc2c(c1)C(=O)N1CCC[C@@H]1C(=O)N2. The molecule has 3 heterocycles. The molecule has 0 saturated carbocycles. The molecule has 3 amide bonds. The van der Waals surface area contributed by atoms with Gasteiger partial charge in [0.2, 0.25) is 12.7 Å². The van der Waals surface area contributed by atoms with Crippen LogP contribution in [0.15, 0.2) is 36.4 Å². The third kappa shape index (κ3) is 3.28. The van der Waals surface area contributed by atoms with Gasteiger partial charge in [0.05, 0.1) is 11.3 Å². The van der Waals surface area contributed by atoms with Crippen molar-refractivity contribution in [2.75, 3.05) is 30.6 Å². The minimum Gasteiger partial charge on any atom is -0.484 e. The molecule has 0 unspecified atom stereocenters. The standard InChI is InChI=1S/C21H19N3O6/c25-19(10-28-13-4-6-17-18(9-13)30-11-29-17)22-12-3-5-15-14(8-12)21(27)24-7-1-2-16(24)20(26)23-15/h3-6,8-9,16H,1-2,7,10-11H2,(H,22,25)(H,23,26)/t16-/m1/s1. The lowest BCUT2D eigenvalue weighted by atomic mass is 10.1. The quantitative estimate of drug-likeness (QED) is 0.800. The third-order valence-electron chi connectivity index (χ3n) is 5.32. The first-order valence-electron chi connectivity index (χ1n) is 9.67. The van der Waals surface area contributed by atoms with Crippen LogP contribution in [-0.2, 0) is 9.59 Å². The number of amides is 3. The molecule has 1 saturated heterocycles. The van der Waals surface area contributed by atoms with Gasteiger partial charge in [0, 0.05) is 18.3 Å². The Hall–Kier alpha value is -3.75. The van der Waals surface area contributed by atoms with Crippen molar-refractivity contribution in [1.29, 1.82) is 0 Å². The van der Waals surface area contributed by atoms with E-state index in [-0.39, 0.29) is 31.1 Å². The lowest BCUT2D eigenvalue weighted by Gasteiger charge is -2.20. The van der Waals surface area contributed by atoms with Gasteiger partial charge in [-0.15, -0.1) is 0 Å². The largest absolute Gasteiger partial charge is 0.484 e. The highest BCUT2D eigenvalue weighted by Crippen LogP contribution is 2.35. The summed E-state index contributed by atoms with van der Waals surface area (Å²) in [5.74, 6) is 0.923. The summed E-state index contributed by atoms with van der Waals surface area (Å²) < 4.78 is 16.0. The molecule has 9 heteroatoms. The maximum Gasteiger partial charge on any atom is 0.262 e. The van der Waals surface area contributed by atoms with Crippen LogP contribution in [-0.4, -0.2) is 48.6 Å². The molecule has 1 atom stereocenters. The zero-order valence-electron chi connectivity index (χ0n) is 16.0. The van der Waals surface area contributed by atoms with Crippen LogP contribution >= 0.6 is 0 Å². The second kappa shape index (κ2) is 7.25. The van der Waals surface area contributed by atoms with E-state index in [1.165, 1.54) is 0 Å². The number of fused-ring (bicyclic) bond motifs is 3. The number of carbonyl (C=O) groups excluding carboxylic acids is 3. The van der Waals surface area contributed by atoms with Crippen LogP contribution in [0.25, 0.3) is 0 Å². The summed E-state index contributed by atoms with van der Waals surface area (Å²) in [5.41, 5.74) is 1.27. The van der Waals surface area contributed by atoms with E-state index in [2.05, 4.69) is 10.6 Å². The van der Waals surface area contributed by atoms with Crippen molar-refractivity contribution in [3.8, 4) is 17.2 Å². The highest BCUT2D eigenvalue weighted by atomic mass is 16.7. The van der Waals surface area contributed by atoms with Crippen molar-refractivity contribution in [2.24, 2.45) is 0 Å². The summed E-state index contributed by atoms with van der Waals surface area (Å²) in [6, 6.07) is 9.48. The molecular weight excluding hydrogens is 390 g/mol. The van der Waals surface area contributed by atoms with Gasteiger partial charge in [-0.05, 0) is 43.2 Å². The van der Waals surface area contributed by atoms with Crippen molar-refractivity contribution in [2.45, 2.75) is 18.9 Å². The van der Waals surface area contributed by atoms with Gasteiger partial charge in [-0.2, -0.15) is 0 Å². The Morgan fingerprint density at radius 3 is 2.93 bits per heavy atom. The highest BCUT2D eigenvalue weighted by molar-refractivity contribution is 6.11. The number of nitrogens with zero attached hydrogens (tertiary/aromatic N) is 1. The fraction of sp³-hybridized carbons (Fsp3) is 0.286. The van der Waals surface area contributed by atoms with Gasteiger partial charge >= 0.3 is 0 Å². The normalized spacial score (nSPS) is 18.9. The van der Waals surface area contributed by atoms with Crippen molar-refractivity contribution in [3.63, 3.8) is 0 Å². The molecule has 30 heavy (non-hydrogen) atoms. The summed E-state index contributed by atoms with van der Waals surface area (Å²) in [5, 5.41) is 5.53. The number of hydrogen-bond acceptors (Lipinski definition) is 6. The fourth-order valence-electron chi connectivity index (χ4n) is 3.87. The highest BCUT2D eigenvalue weighted by Gasteiger charge is 2.38. The Labute approximate surface area is 171 Å². The molecule has 3 aliphatic heterocycles. The van der Waals surface area contributed by atoms with Crippen molar-refractivity contribution in [1.82, 2.24) is 4.90 Å². The van der Waals surface area contributed by atoms with Crippen LogP contribution in [0.1, 0.15) is 23.2 Å². The Balaban J connectivity index is 1.27. The molecule has 5 rings (SSSR count). The predicted molar refractivity (Wildman–Crippen MR) is 106 cm³/mol. The summed E-state index contributed by atoms with van der Waals surface area (Å²) in [4.78, 5) is 39.1. The maximum absolute atomic E-state index is 12.9. The van der Waals surface area contributed by atoms with E-state index in [9.17, 15) is 14.4 Å². The summed E-state index contributed by atoms with van der Waals surface area (Å²) in [6.07, 6.45) is 1.46.